The number of rotatable bonds is 3. The van der Waals surface area contributed by atoms with Gasteiger partial charge >= 0.3 is 0 Å². The fourth-order valence-electron chi connectivity index (χ4n) is 1.77. The molecule has 0 radical (unpaired) electrons. The Labute approximate surface area is 86.0 Å². The maximum atomic E-state index is 11.6. The van der Waals surface area contributed by atoms with Crippen LogP contribution in [0.4, 0.5) is 0 Å². The first-order chi connectivity index (χ1) is 6.46. The fraction of sp³-hybridized carbons (Fsp3) is 0.900. The van der Waals surface area contributed by atoms with Crippen molar-refractivity contribution < 1.29 is 4.79 Å². The number of hydrazine groups is 1. The molecule has 0 aromatic rings. The van der Waals surface area contributed by atoms with Crippen molar-refractivity contribution >= 4 is 5.91 Å². The molecule has 82 valence electrons. The number of hydrogen-bond donors (Lipinski definition) is 1. The zero-order valence-corrected chi connectivity index (χ0v) is 9.42. The van der Waals surface area contributed by atoms with Crippen LogP contribution in [0, 0.1) is 0 Å². The van der Waals surface area contributed by atoms with Crippen molar-refractivity contribution in [2.24, 2.45) is 5.73 Å². The third-order valence-electron chi connectivity index (χ3n) is 2.47. The SMILES string of the molecule is CC(C)(C)N1CCC(=O)N1CCCN. The van der Waals surface area contributed by atoms with E-state index >= 15 is 0 Å². The number of nitrogens with zero attached hydrogens (tertiary/aromatic N) is 2. The molecule has 0 aliphatic carbocycles. The third-order valence-corrected chi connectivity index (χ3v) is 2.47. The molecule has 0 saturated carbocycles. The Bertz CT molecular complexity index is 210. The molecule has 4 nitrogen and oxygen atoms in total. The highest BCUT2D eigenvalue weighted by Gasteiger charge is 2.35. The maximum Gasteiger partial charge on any atom is 0.238 e. The Morgan fingerprint density at radius 2 is 2.07 bits per heavy atom. The molecule has 0 aromatic carbocycles. The lowest BCUT2D eigenvalue weighted by atomic mass is 10.1. The Kier molecular flexibility index (Phi) is 3.50. The highest BCUT2D eigenvalue weighted by atomic mass is 16.2. The standard InChI is InChI=1S/C10H21N3O/c1-10(2,3)13-8-5-9(14)12(13)7-4-6-11/h4-8,11H2,1-3H3. The quantitative estimate of drug-likeness (QED) is 0.723. The topological polar surface area (TPSA) is 49.6 Å². The molecular formula is C10H21N3O. The van der Waals surface area contributed by atoms with Crippen LogP contribution in [0.2, 0.25) is 0 Å². The van der Waals surface area contributed by atoms with E-state index in [1.54, 1.807) is 0 Å². The van der Waals surface area contributed by atoms with E-state index in [2.05, 4.69) is 25.8 Å². The second kappa shape index (κ2) is 4.28. The van der Waals surface area contributed by atoms with Gasteiger partial charge in [-0.05, 0) is 33.7 Å². The summed E-state index contributed by atoms with van der Waals surface area (Å²) < 4.78 is 0. The minimum Gasteiger partial charge on any atom is -0.330 e. The van der Waals surface area contributed by atoms with Crippen LogP contribution in [-0.2, 0) is 4.79 Å². The summed E-state index contributed by atoms with van der Waals surface area (Å²) >= 11 is 0. The minimum absolute atomic E-state index is 0.0285. The first-order valence-corrected chi connectivity index (χ1v) is 5.25. The van der Waals surface area contributed by atoms with Gasteiger partial charge in [0, 0.05) is 25.0 Å². The summed E-state index contributed by atoms with van der Waals surface area (Å²) in [5.41, 5.74) is 5.48. The van der Waals surface area contributed by atoms with Crippen molar-refractivity contribution in [2.45, 2.75) is 39.2 Å². The number of hydrogen-bond acceptors (Lipinski definition) is 3. The largest absolute Gasteiger partial charge is 0.330 e. The lowest BCUT2D eigenvalue weighted by Gasteiger charge is -2.38. The summed E-state index contributed by atoms with van der Waals surface area (Å²) in [7, 11) is 0. The normalized spacial score (nSPS) is 19.4. The minimum atomic E-state index is 0.0285. The number of carbonyl (C=O) groups excluding carboxylic acids is 1. The van der Waals surface area contributed by atoms with Crippen LogP contribution < -0.4 is 5.73 Å². The van der Waals surface area contributed by atoms with Gasteiger partial charge in [-0.2, -0.15) is 0 Å². The van der Waals surface area contributed by atoms with E-state index in [-0.39, 0.29) is 11.4 Å². The summed E-state index contributed by atoms with van der Waals surface area (Å²) in [4.78, 5) is 11.6. The Morgan fingerprint density at radius 1 is 1.43 bits per heavy atom. The van der Waals surface area contributed by atoms with Gasteiger partial charge < -0.3 is 5.73 Å². The third kappa shape index (κ3) is 2.45. The van der Waals surface area contributed by atoms with E-state index in [1.165, 1.54) is 0 Å². The Morgan fingerprint density at radius 3 is 2.57 bits per heavy atom. The molecule has 1 amide bonds. The zero-order valence-electron chi connectivity index (χ0n) is 9.42. The molecule has 0 bridgehead atoms. The van der Waals surface area contributed by atoms with E-state index < -0.39 is 0 Å². The van der Waals surface area contributed by atoms with E-state index in [4.69, 9.17) is 5.73 Å². The Balaban J connectivity index is 2.62. The van der Waals surface area contributed by atoms with Crippen molar-refractivity contribution in [3.63, 3.8) is 0 Å². The van der Waals surface area contributed by atoms with Gasteiger partial charge in [-0.1, -0.05) is 0 Å². The van der Waals surface area contributed by atoms with Crippen molar-refractivity contribution in [1.29, 1.82) is 0 Å². The molecule has 1 rings (SSSR count). The highest BCUT2D eigenvalue weighted by molar-refractivity contribution is 5.77. The monoisotopic (exact) mass is 199 g/mol. The van der Waals surface area contributed by atoms with Crippen LogP contribution in [0.5, 0.6) is 0 Å². The fourth-order valence-corrected chi connectivity index (χ4v) is 1.77. The molecule has 1 saturated heterocycles. The highest BCUT2D eigenvalue weighted by Crippen LogP contribution is 2.22. The van der Waals surface area contributed by atoms with Gasteiger partial charge in [0.25, 0.3) is 0 Å². The second-order valence-electron chi connectivity index (χ2n) is 4.70. The van der Waals surface area contributed by atoms with E-state index in [0.29, 0.717) is 13.0 Å². The number of carbonyl (C=O) groups is 1. The predicted octanol–water partition coefficient (Wildman–Crippen LogP) is 0.583. The van der Waals surface area contributed by atoms with Crippen LogP contribution in [0.25, 0.3) is 0 Å². The number of amides is 1. The molecule has 0 spiro atoms. The summed E-state index contributed by atoms with van der Waals surface area (Å²) in [5.74, 6) is 0.230. The van der Waals surface area contributed by atoms with Crippen LogP contribution in [0.3, 0.4) is 0 Å². The molecule has 1 aliphatic rings. The van der Waals surface area contributed by atoms with Gasteiger partial charge in [0.1, 0.15) is 0 Å². The maximum absolute atomic E-state index is 11.6. The molecule has 4 heteroatoms. The van der Waals surface area contributed by atoms with Gasteiger partial charge in [0.2, 0.25) is 5.91 Å². The van der Waals surface area contributed by atoms with E-state index in [0.717, 1.165) is 19.5 Å². The molecular weight excluding hydrogens is 178 g/mol. The zero-order chi connectivity index (χ0) is 10.8. The number of nitrogens with two attached hydrogens (primary N) is 1. The molecule has 2 N–H and O–H groups in total. The van der Waals surface area contributed by atoms with Gasteiger partial charge in [-0.15, -0.1) is 0 Å². The molecule has 0 unspecified atom stereocenters. The summed E-state index contributed by atoms with van der Waals surface area (Å²) in [5, 5.41) is 4.00. The van der Waals surface area contributed by atoms with Crippen molar-refractivity contribution in [2.75, 3.05) is 19.6 Å². The van der Waals surface area contributed by atoms with Gasteiger partial charge in [0.05, 0.1) is 0 Å². The van der Waals surface area contributed by atoms with Gasteiger partial charge in [-0.3, -0.25) is 9.80 Å². The van der Waals surface area contributed by atoms with E-state index in [1.807, 2.05) is 5.01 Å². The first-order valence-electron chi connectivity index (χ1n) is 5.25. The average molecular weight is 199 g/mol. The molecule has 0 aromatic heterocycles. The second-order valence-corrected chi connectivity index (χ2v) is 4.70. The van der Waals surface area contributed by atoms with Gasteiger partial charge in [0.15, 0.2) is 0 Å². The van der Waals surface area contributed by atoms with Crippen LogP contribution in [0.15, 0.2) is 0 Å². The lowest BCUT2D eigenvalue weighted by Crippen LogP contribution is -2.50. The lowest BCUT2D eigenvalue weighted by molar-refractivity contribution is -0.144. The molecule has 0 atom stereocenters. The predicted molar refractivity (Wildman–Crippen MR) is 56.5 cm³/mol. The molecule has 1 aliphatic heterocycles. The smallest absolute Gasteiger partial charge is 0.238 e. The Hall–Kier alpha value is -0.610. The van der Waals surface area contributed by atoms with Crippen LogP contribution in [-0.4, -0.2) is 41.1 Å². The van der Waals surface area contributed by atoms with Crippen LogP contribution >= 0.6 is 0 Å². The van der Waals surface area contributed by atoms with E-state index in [9.17, 15) is 4.79 Å². The van der Waals surface area contributed by atoms with Crippen molar-refractivity contribution in [3.05, 3.63) is 0 Å². The summed E-state index contributed by atoms with van der Waals surface area (Å²) in [6, 6.07) is 0. The van der Waals surface area contributed by atoms with Crippen molar-refractivity contribution in [1.82, 2.24) is 10.0 Å². The average Bonchev–Trinajstić information content (AvgIpc) is 2.42. The molecule has 14 heavy (non-hydrogen) atoms. The van der Waals surface area contributed by atoms with Crippen molar-refractivity contribution in [3.8, 4) is 0 Å². The summed E-state index contributed by atoms with van der Waals surface area (Å²) in [6.45, 7) is 8.62. The molecule has 1 heterocycles. The van der Waals surface area contributed by atoms with Crippen LogP contribution in [0.1, 0.15) is 33.6 Å². The first kappa shape index (κ1) is 11.5. The van der Waals surface area contributed by atoms with Gasteiger partial charge in [-0.25, -0.2) is 5.01 Å². The summed E-state index contributed by atoms with van der Waals surface area (Å²) in [6.07, 6.45) is 1.51. The molecule has 1 fully saturated rings.